The van der Waals surface area contributed by atoms with Gasteiger partial charge in [0, 0.05) is 35.3 Å². The van der Waals surface area contributed by atoms with Crippen LogP contribution in [0, 0.1) is 17.0 Å². The third-order valence-corrected chi connectivity index (χ3v) is 6.42. The van der Waals surface area contributed by atoms with Gasteiger partial charge in [-0.15, -0.1) is 0 Å². The monoisotopic (exact) mass is 500 g/mol. The Morgan fingerprint density at radius 3 is 2.46 bits per heavy atom. The SMILES string of the molecule is Cc1ccc(C(N)=O)cc1[N+](=O)[O-].NC(=O)c1cccc2cn(-c3ccc(C4CCCNC4)cc3)nc12. The van der Waals surface area contributed by atoms with Crippen LogP contribution in [0.25, 0.3) is 16.6 Å². The Morgan fingerprint density at radius 2 is 1.84 bits per heavy atom. The van der Waals surface area contributed by atoms with Crippen molar-refractivity contribution in [3.63, 3.8) is 0 Å². The predicted octanol–water partition coefficient (Wildman–Crippen LogP) is 3.59. The van der Waals surface area contributed by atoms with Gasteiger partial charge in [-0.05, 0) is 62.1 Å². The molecule has 1 aliphatic heterocycles. The Hall–Kier alpha value is -4.57. The van der Waals surface area contributed by atoms with Crippen LogP contribution >= 0.6 is 0 Å². The van der Waals surface area contributed by atoms with Gasteiger partial charge in [-0.1, -0.05) is 30.3 Å². The molecule has 4 aromatic rings. The summed E-state index contributed by atoms with van der Waals surface area (Å²) < 4.78 is 1.81. The Kier molecular flexibility index (Phi) is 7.59. The van der Waals surface area contributed by atoms with Crippen LogP contribution < -0.4 is 16.8 Å². The second-order valence-corrected chi connectivity index (χ2v) is 8.94. The van der Waals surface area contributed by atoms with Crippen LogP contribution in [0.15, 0.2) is 66.9 Å². The number of nitro groups is 1. The van der Waals surface area contributed by atoms with Crippen molar-refractivity contribution in [1.29, 1.82) is 0 Å². The summed E-state index contributed by atoms with van der Waals surface area (Å²) in [5, 5.41) is 19.4. The van der Waals surface area contributed by atoms with Crippen LogP contribution in [0.4, 0.5) is 5.69 Å². The lowest BCUT2D eigenvalue weighted by molar-refractivity contribution is -0.385. The van der Waals surface area contributed by atoms with Gasteiger partial charge in [0.25, 0.3) is 11.6 Å². The smallest absolute Gasteiger partial charge is 0.273 e. The minimum atomic E-state index is -0.664. The van der Waals surface area contributed by atoms with Crippen molar-refractivity contribution in [1.82, 2.24) is 15.1 Å². The van der Waals surface area contributed by atoms with E-state index in [1.54, 1.807) is 17.7 Å². The Morgan fingerprint density at radius 1 is 1.08 bits per heavy atom. The fourth-order valence-corrected chi connectivity index (χ4v) is 4.37. The largest absolute Gasteiger partial charge is 0.366 e. The first kappa shape index (κ1) is 25.5. The zero-order chi connectivity index (χ0) is 26.5. The highest BCUT2D eigenvalue weighted by Crippen LogP contribution is 2.25. The number of fused-ring (bicyclic) bond motifs is 1. The molecule has 0 spiro atoms. The zero-order valence-corrected chi connectivity index (χ0v) is 20.4. The van der Waals surface area contributed by atoms with Gasteiger partial charge in [-0.25, -0.2) is 4.68 Å². The highest BCUT2D eigenvalue weighted by Gasteiger charge is 2.16. The van der Waals surface area contributed by atoms with Crippen molar-refractivity contribution < 1.29 is 14.5 Å². The molecule has 10 heteroatoms. The number of carbonyl (C=O) groups is 2. The Bertz CT molecular complexity index is 1460. The lowest BCUT2D eigenvalue weighted by Gasteiger charge is -2.23. The van der Waals surface area contributed by atoms with Crippen LogP contribution in [-0.2, 0) is 0 Å². The molecule has 1 aromatic heterocycles. The van der Waals surface area contributed by atoms with E-state index in [1.807, 2.05) is 18.3 Å². The highest BCUT2D eigenvalue weighted by molar-refractivity contribution is 6.04. The van der Waals surface area contributed by atoms with Crippen molar-refractivity contribution in [3.05, 3.63) is 99.2 Å². The minimum Gasteiger partial charge on any atom is -0.366 e. The van der Waals surface area contributed by atoms with Gasteiger partial charge >= 0.3 is 0 Å². The highest BCUT2D eigenvalue weighted by atomic mass is 16.6. The molecule has 0 aliphatic carbocycles. The summed E-state index contributed by atoms with van der Waals surface area (Å²) in [6.07, 6.45) is 4.39. The first-order chi connectivity index (χ1) is 17.7. The van der Waals surface area contributed by atoms with Crippen molar-refractivity contribution in [2.24, 2.45) is 11.5 Å². The molecule has 10 nitrogen and oxygen atoms in total. The van der Waals surface area contributed by atoms with E-state index in [2.05, 4.69) is 34.7 Å². The number of hydrogen-bond acceptors (Lipinski definition) is 6. The van der Waals surface area contributed by atoms with Crippen molar-refractivity contribution >= 4 is 28.4 Å². The third-order valence-electron chi connectivity index (χ3n) is 6.42. The summed E-state index contributed by atoms with van der Waals surface area (Å²) >= 11 is 0. The summed E-state index contributed by atoms with van der Waals surface area (Å²) in [5.74, 6) is -0.528. The molecule has 1 fully saturated rings. The molecule has 1 unspecified atom stereocenters. The maximum absolute atomic E-state index is 11.5. The Balaban J connectivity index is 0.000000209. The molecule has 1 aliphatic rings. The van der Waals surface area contributed by atoms with Gasteiger partial charge in [0.2, 0.25) is 5.91 Å². The summed E-state index contributed by atoms with van der Waals surface area (Å²) in [6.45, 7) is 3.77. The fraction of sp³-hybridized carbons (Fsp3) is 0.222. The van der Waals surface area contributed by atoms with E-state index < -0.39 is 16.7 Å². The van der Waals surface area contributed by atoms with E-state index in [0.29, 0.717) is 22.6 Å². The van der Waals surface area contributed by atoms with Crippen LogP contribution in [0.3, 0.4) is 0 Å². The molecule has 2 amide bonds. The lowest BCUT2D eigenvalue weighted by Crippen LogP contribution is -2.28. The summed E-state index contributed by atoms with van der Waals surface area (Å²) in [5.41, 5.74) is 14.4. The lowest BCUT2D eigenvalue weighted by atomic mass is 9.92. The number of nitrogens with two attached hydrogens (primary N) is 2. The molecule has 0 radical (unpaired) electrons. The molecule has 0 saturated carbocycles. The topological polar surface area (TPSA) is 159 Å². The molecular formula is C27H28N6O4. The van der Waals surface area contributed by atoms with Gasteiger partial charge in [0.1, 0.15) is 5.52 Å². The number of aromatic nitrogens is 2. The van der Waals surface area contributed by atoms with Crippen LogP contribution in [0.2, 0.25) is 0 Å². The van der Waals surface area contributed by atoms with Crippen LogP contribution in [0.1, 0.15) is 50.6 Å². The number of rotatable bonds is 5. The second-order valence-electron chi connectivity index (χ2n) is 8.94. The first-order valence-electron chi connectivity index (χ1n) is 11.9. The third kappa shape index (κ3) is 5.81. The number of benzene rings is 3. The molecule has 0 bridgehead atoms. The van der Waals surface area contributed by atoms with E-state index >= 15 is 0 Å². The predicted molar refractivity (Wildman–Crippen MR) is 141 cm³/mol. The van der Waals surface area contributed by atoms with E-state index in [4.69, 9.17) is 11.5 Å². The average molecular weight is 501 g/mol. The molecular weight excluding hydrogens is 472 g/mol. The quantitative estimate of drug-likeness (QED) is 0.280. The van der Waals surface area contributed by atoms with Gasteiger partial charge in [-0.3, -0.25) is 19.7 Å². The summed E-state index contributed by atoms with van der Waals surface area (Å²) in [4.78, 5) is 32.1. The normalized spacial score (nSPS) is 15.0. The molecule has 1 atom stereocenters. The molecule has 5 N–H and O–H groups in total. The number of piperidine rings is 1. The van der Waals surface area contributed by atoms with E-state index in [-0.39, 0.29) is 11.3 Å². The van der Waals surface area contributed by atoms with E-state index in [0.717, 1.165) is 24.2 Å². The molecule has 5 rings (SSSR count). The van der Waals surface area contributed by atoms with Crippen LogP contribution in [-0.4, -0.2) is 39.6 Å². The van der Waals surface area contributed by atoms with Gasteiger partial charge < -0.3 is 16.8 Å². The zero-order valence-electron chi connectivity index (χ0n) is 20.4. The molecule has 37 heavy (non-hydrogen) atoms. The van der Waals surface area contributed by atoms with Crippen molar-refractivity contribution in [2.75, 3.05) is 13.1 Å². The maximum Gasteiger partial charge on any atom is 0.273 e. The van der Waals surface area contributed by atoms with Crippen LogP contribution in [0.5, 0.6) is 0 Å². The molecule has 1 saturated heterocycles. The van der Waals surface area contributed by atoms with Gasteiger partial charge in [0.15, 0.2) is 0 Å². The molecule has 190 valence electrons. The number of aryl methyl sites for hydroxylation is 1. The van der Waals surface area contributed by atoms with E-state index in [9.17, 15) is 19.7 Å². The maximum atomic E-state index is 11.5. The summed E-state index contributed by atoms with van der Waals surface area (Å²) in [7, 11) is 0. The number of nitro benzene ring substituents is 1. The molecule has 2 heterocycles. The first-order valence-corrected chi connectivity index (χ1v) is 11.9. The minimum absolute atomic E-state index is 0.0868. The standard InChI is InChI=1S/C19H20N4O.C8H8N2O3/c20-19(24)17-5-1-3-15-12-23(22-18(15)17)16-8-6-13(7-9-16)14-4-2-10-21-11-14;1-5-2-3-6(8(9)11)4-7(5)10(12)13/h1,3,5-9,12,14,21H,2,4,10-11H2,(H2,20,24);2-4H,1H3,(H2,9,11). The number of nitrogens with one attached hydrogen (secondary N) is 1. The number of hydrogen-bond donors (Lipinski definition) is 3. The second kappa shape index (κ2) is 11.0. The number of carbonyl (C=O) groups excluding carboxylic acids is 2. The number of nitrogens with zero attached hydrogens (tertiary/aromatic N) is 3. The Labute approximate surface area is 213 Å². The molecule has 3 aromatic carbocycles. The van der Waals surface area contributed by atoms with Crippen molar-refractivity contribution in [3.8, 4) is 5.69 Å². The fourth-order valence-electron chi connectivity index (χ4n) is 4.37. The van der Waals surface area contributed by atoms with Crippen molar-refractivity contribution in [2.45, 2.75) is 25.7 Å². The average Bonchev–Trinajstić information content (AvgIpc) is 3.34. The van der Waals surface area contributed by atoms with E-state index in [1.165, 1.54) is 36.6 Å². The van der Waals surface area contributed by atoms with Gasteiger partial charge in [-0.2, -0.15) is 5.10 Å². The van der Waals surface area contributed by atoms with Gasteiger partial charge in [0.05, 0.1) is 16.2 Å². The summed E-state index contributed by atoms with van der Waals surface area (Å²) in [6, 6.07) is 18.1. The number of amides is 2. The number of primary amides is 2.